The molecule has 0 aliphatic carbocycles. The van der Waals surface area contributed by atoms with Crippen molar-refractivity contribution >= 4 is 5.97 Å². The van der Waals surface area contributed by atoms with Gasteiger partial charge < -0.3 is 5.11 Å². The maximum Gasteiger partial charge on any atom is 0.357 e. The molecule has 0 spiro atoms. The van der Waals surface area contributed by atoms with E-state index >= 15 is 0 Å². The highest BCUT2D eigenvalue weighted by Gasteiger charge is 2.21. The van der Waals surface area contributed by atoms with E-state index < -0.39 is 5.97 Å². The van der Waals surface area contributed by atoms with Crippen molar-refractivity contribution in [1.82, 2.24) is 14.7 Å². The molecule has 1 saturated heterocycles. The second-order valence-corrected chi connectivity index (χ2v) is 5.91. The summed E-state index contributed by atoms with van der Waals surface area (Å²) < 4.78 is 1.55. The van der Waals surface area contributed by atoms with E-state index in [4.69, 9.17) is 0 Å². The van der Waals surface area contributed by atoms with E-state index in [1.165, 1.54) is 18.4 Å². The first kappa shape index (κ1) is 14.8. The summed E-state index contributed by atoms with van der Waals surface area (Å²) in [5.74, 6) is -0.992. The number of rotatable bonds is 4. The van der Waals surface area contributed by atoms with Crippen LogP contribution in [-0.4, -0.2) is 38.8 Å². The monoisotopic (exact) mass is 299 g/mol. The molecule has 0 saturated carbocycles. The van der Waals surface area contributed by atoms with E-state index in [1.807, 2.05) is 12.1 Å². The summed E-state index contributed by atoms with van der Waals surface area (Å²) in [6, 6.07) is 8.50. The molecule has 5 nitrogen and oxygen atoms in total. The van der Waals surface area contributed by atoms with Gasteiger partial charge >= 0.3 is 5.97 Å². The highest BCUT2D eigenvalue weighted by molar-refractivity contribution is 5.93. The van der Waals surface area contributed by atoms with Crippen LogP contribution in [0, 0.1) is 0 Å². The van der Waals surface area contributed by atoms with Gasteiger partial charge in [0.1, 0.15) is 0 Å². The SMILES string of the molecule is C[C@@H](c1cccc(-c2cn(C)nc2C(=O)O)c1)N1CCCC1. The third-order valence-corrected chi connectivity index (χ3v) is 4.40. The number of aryl methyl sites for hydroxylation is 1. The molecule has 3 rings (SSSR count). The quantitative estimate of drug-likeness (QED) is 0.943. The molecule has 5 heteroatoms. The molecular weight excluding hydrogens is 278 g/mol. The number of aromatic carboxylic acids is 1. The number of hydrogen-bond acceptors (Lipinski definition) is 3. The Kier molecular flexibility index (Phi) is 3.98. The Labute approximate surface area is 130 Å². The molecule has 1 aromatic carbocycles. The lowest BCUT2D eigenvalue weighted by Crippen LogP contribution is -2.23. The minimum Gasteiger partial charge on any atom is -0.476 e. The van der Waals surface area contributed by atoms with E-state index in [0.29, 0.717) is 11.6 Å². The van der Waals surface area contributed by atoms with Crippen LogP contribution in [0.3, 0.4) is 0 Å². The third kappa shape index (κ3) is 2.76. The topological polar surface area (TPSA) is 58.4 Å². The molecule has 0 radical (unpaired) electrons. The molecule has 1 aromatic heterocycles. The van der Waals surface area contributed by atoms with Gasteiger partial charge in [0, 0.05) is 24.8 Å². The van der Waals surface area contributed by atoms with E-state index in [9.17, 15) is 9.90 Å². The molecule has 1 atom stereocenters. The van der Waals surface area contributed by atoms with Crippen molar-refractivity contribution in [3.63, 3.8) is 0 Å². The number of carbonyl (C=O) groups is 1. The summed E-state index contributed by atoms with van der Waals surface area (Å²) in [7, 11) is 1.74. The van der Waals surface area contributed by atoms with Gasteiger partial charge in [0.2, 0.25) is 0 Å². The van der Waals surface area contributed by atoms with Crippen molar-refractivity contribution < 1.29 is 9.90 Å². The van der Waals surface area contributed by atoms with Gasteiger partial charge in [-0.1, -0.05) is 18.2 Å². The van der Waals surface area contributed by atoms with Crippen LogP contribution in [-0.2, 0) is 7.05 Å². The molecule has 1 aliphatic rings. The number of likely N-dealkylation sites (tertiary alicyclic amines) is 1. The molecule has 1 N–H and O–H groups in total. The van der Waals surface area contributed by atoms with Crippen LogP contribution in [0.5, 0.6) is 0 Å². The van der Waals surface area contributed by atoms with Crippen LogP contribution in [0.4, 0.5) is 0 Å². The first-order valence-electron chi connectivity index (χ1n) is 7.67. The van der Waals surface area contributed by atoms with Crippen molar-refractivity contribution in [3.8, 4) is 11.1 Å². The highest BCUT2D eigenvalue weighted by Crippen LogP contribution is 2.29. The maximum atomic E-state index is 11.4. The number of benzene rings is 1. The second-order valence-electron chi connectivity index (χ2n) is 5.91. The Hall–Kier alpha value is -2.14. The lowest BCUT2D eigenvalue weighted by Gasteiger charge is -2.24. The summed E-state index contributed by atoms with van der Waals surface area (Å²) in [5.41, 5.74) is 2.91. The van der Waals surface area contributed by atoms with Crippen molar-refractivity contribution in [2.24, 2.45) is 7.05 Å². The van der Waals surface area contributed by atoms with Gasteiger partial charge in [-0.25, -0.2) is 4.79 Å². The standard InChI is InChI=1S/C17H21N3O2/c1-12(20-8-3-4-9-20)13-6-5-7-14(10-13)15-11-19(2)18-16(15)17(21)22/h5-7,10-12H,3-4,8-9H2,1-2H3,(H,21,22)/t12-/m0/s1. The van der Waals surface area contributed by atoms with E-state index in [0.717, 1.165) is 18.7 Å². The smallest absolute Gasteiger partial charge is 0.357 e. The molecule has 1 aliphatic heterocycles. The van der Waals surface area contributed by atoms with Gasteiger partial charge in [-0.2, -0.15) is 5.10 Å². The summed E-state index contributed by atoms with van der Waals surface area (Å²) in [6.07, 6.45) is 4.29. The van der Waals surface area contributed by atoms with E-state index in [1.54, 1.807) is 17.9 Å². The molecule has 2 heterocycles. The zero-order chi connectivity index (χ0) is 15.7. The Morgan fingerprint density at radius 2 is 2.05 bits per heavy atom. The zero-order valence-corrected chi connectivity index (χ0v) is 13.0. The van der Waals surface area contributed by atoms with Crippen LogP contribution in [0.25, 0.3) is 11.1 Å². The molecular formula is C17H21N3O2. The van der Waals surface area contributed by atoms with Crippen LogP contribution in [0.1, 0.15) is 41.9 Å². The number of hydrogen-bond donors (Lipinski definition) is 1. The van der Waals surface area contributed by atoms with E-state index in [-0.39, 0.29) is 5.69 Å². The Morgan fingerprint density at radius 1 is 1.32 bits per heavy atom. The number of nitrogens with zero attached hydrogens (tertiary/aromatic N) is 3. The van der Waals surface area contributed by atoms with Gasteiger partial charge in [-0.3, -0.25) is 9.58 Å². The molecule has 2 aromatic rings. The van der Waals surface area contributed by atoms with Crippen molar-refractivity contribution in [2.75, 3.05) is 13.1 Å². The number of carboxylic acid groups (broad SMARTS) is 1. The number of aromatic nitrogens is 2. The maximum absolute atomic E-state index is 11.4. The fraction of sp³-hybridized carbons (Fsp3) is 0.412. The fourth-order valence-corrected chi connectivity index (χ4v) is 3.16. The Bertz CT molecular complexity index is 687. The first-order valence-corrected chi connectivity index (χ1v) is 7.67. The second kappa shape index (κ2) is 5.93. The van der Waals surface area contributed by atoms with Crippen LogP contribution < -0.4 is 0 Å². The molecule has 116 valence electrons. The largest absolute Gasteiger partial charge is 0.476 e. The predicted molar refractivity (Wildman–Crippen MR) is 84.8 cm³/mol. The normalized spacial score (nSPS) is 16.8. The summed E-state index contributed by atoms with van der Waals surface area (Å²) in [5, 5.41) is 13.4. The third-order valence-electron chi connectivity index (χ3n) is 4.40. The van der Waals surface area contributed by atoms with Crippen molar-refractivity contribution in [1.29, 1.82) is 0 Å². The van der Waals surface area contributed by atoms with Gasteiger partial charge in [-0.05, 0) is 50.0 Å². The summed E-state index contributed by atoms with van der Waals surface area (Å²) in [6.45, 7) is 4.49. The average molecular weight is 299 g/mol. The predicted octanol–water partition coefficient (Wildman–Crippen LogP) is 2.94. The summed E-state index contributed by atoms with van der Waals surface area (Å²) >= 11 is 0. The van der Waals surface area contributed by atoms with Crippen molar-refractivity contribution in [3.05, 3.63) is 41.7 Å². The zero-order valence-electron chi connectivity index (χ0n) is 13.0. The van der Waals surface area contributed by atoms with E-state index in [2.05, 4.69) is 29.1 Å². The highest BCUT2D eigenvalue weighted by atomic mass is 16.4. The Balaban J connectivity index is 1.96. The molecule has 0 amide bonds. The van der Waals surface area contributed by atoms with Crippen LogP contribution in [0.15, 0.2) is 30.5 Å². The lowest BCUT2D eigenvalue weighted by molar-refractivity contribution is 0.0690. The van der Waals surface area contributed by atoms with Crippen molar-refractivity contribution in [2.45, 2.75) is 25.8 Å². The first-order chi connectivity index (χ1) is 10.6. The van der Waals surface area contributed by atoms with Gasteiger partial charge in [-0.15, -0.1) is 0 Å². The molecule has 22 heavy (non-hydrogen) atoms. The summed E-state index contributed by atoms with van der Waals surface area (Å²) in [4.78, 5) is 13.8. The minimum absolute atomic E-state index is 0.105. The minimum atomic E-state index is -0.992. The van der Waals surface area contributed by atoms with Gasteiger partial charge in [0.15, 0.2) is 5.69 Å². The van der Waals surface area contributed by atoms with Crippen LogP contribution in [0.2, 0.25) is 0 Å². The lowest BCUT2D eigenvalue weighted by atomic mass is 10.00. The molecule has 0 unspecified atom stereocenters. The number of carboxylic acids is 1. The average Bonchev–Trinajstić information content (AvgIpc) is 3.16. The van der Waals surface area contributed by atoms with Gasteiger partial charge in [0.05, 0.1) is 0 Å². The molecule has 1 fully saturated rings. The van der Waals surface area contributed by atoms with Crippen LogP contribution >= 0.6 is 0 Å². The molecule has 0 bridgehead atoms. The fourth-order valence-electron chi connectivity index (χ4n) is 3.16. The van der Waals surface area contributed by atoms with Gasteiger partial charge in [0.25, 0.3) is 0 Å². The Morgan fingerprint density at radius 3 is 2.73 bits per heavy atom.